The number of nitrogen functional groups attached to an aromatic ring is 1. The zero-order chi connectivity index (χ0) is 21.2. The Kier molecular flexibility index (Phi) is 5.49. The minimum Gasteiger partial charge on any atom is -0.366 e. The minimum atomic E-state index is -0.764. The summed E-state index contributed by atoms with van der Waals surface area (Å²) in [5, 5.41) is 0.0472. The van der Waals surface area contributed by atoms with Crippen LogP contribution in [0.2, 0.25) is 5.02 Å². The molecule has 0 radical (unpaired) electrons. The van der Waals surface area contributed by atoms with E-state index in [4.69, 9.17) is 23.2 Å². The number of benzene rings is 2. The number of anilines is 1. The van der Waals surface area contributed by atoms with Crippen molar-refractivity contribution < 1.29 is 4.39 Å². The van der Waals surface area contributed by atoms with E-state index < -0.39 is 17.1 Å². The Morgan fingerprint density at radius 2 is 1.77 bits per heavy atom. The van der Waals surface area contributed by atoms with Crippen molar-refractivity contribution in [1.82, 2.24) is 9.24 Å². The van der Waals surface area contributed by atoms with Crippen LogP contribution in [0.1, 0.15) is 30.4 Å². The van der Waals surface area contributed by atoms with Crippen molar-refractivity contribution in [1.29, 1.82) is 0 Å². The van der Waals surface area contributed by atoms with E-state index in [1.807, 2.05) is 30.3 Å². The van der Waals surface area contributed by atoms with E-state index in [9.17, 15) is 9.59 Å². The van der Waals surface area contributed by atoms with Crippen molar-refractivity contribution in [2.75, 3.05) is 23.8 Å². The molecule has 4 N–H and O–H groups in total. The molecular weight excluding hydrogens is 444 g/mol. The van der Waals surface area contributed by atoms with Crippen molar-refractivity contribution in [3.8, 4) is 0 Å². The zero-order valence-electron chi connectivity index (χ0n) is 16.5. The third-order valence-corrected chi connectivity index (χ3v) is 6.45. The highest BCUT2D eigenvalue weighted by atomic mass is 35.5. The van der Waals surface area contributed by atoms with Gasteiger partial charge in [0, 0.05) is 31.1 Å². The summed E-state index contributed by atoms with van der Waals surface area (Å²) in [7, 11) is 0. The number of nitrogens with two attached hydrogens (primary N) is 2. The zero-order valence-corrected chi connectivity index (χ0v) is 18.1. The summed E-state index contributed by atoms with van der Waals surface area (Å²) in [4.78, 5) is 27.0. The molecular formula is C21H22Cl2FN5O2. The van der Waals surface area contributed by atoms with Gasteiger partial charge in [-0.1, -0.05) is 41.9 Å². The van der Waals surface area contributed by atoms with Crippen LogP contribution < -0.4 is 27.7 Å². The van der Waals surface area contributed by atoms with Crippen LogP contribution in [0.15, 0.2) is 46.0 Å². The second kappa shape index (κ2) is 7.85. The monoisotopic (exact) mass is 465 g/mol. The Bertz CT molecular complexity index is 1270. The van der Waals surface area contributed by atoms with E-state index in [0.29, 0.717) is 17.8 Å². The summed E-state index contributed by atoms with van der Waals surface area (Å²) >= 11 is 6.67. The molecule has 1 saturated heterocycles. The van der Waals surface area contributed by atoms with Gasteiger partial charge in [-0.15, -0.1) is 12.4 Å². The van der Waals surface area contributed by atoms with Crippen LogP contribution in [-0.4, -0.2) is 28.4 Å². The number of hydrogen-bond donors (Lipinski definition) is 2. The molecule has 1 aliphatic carbocycles. The molecule has 164 valence electrons. The maximum Gasteiger partial charge on any atom is 0.350 e. The first-order valence-electron chi connectivity index (χ1n) is 9.88. The summed E-state index contributed by atoms with van der Waals surface area (Å²) in [6.45, 7) is 0.887. The van der Waals surface area contributed by atoms with Crippen LogP contribution in [0.4, 0.5) is 10.1 Å². The molecule has 0 bridgehead atoms. The molecule has 10 heteroatoms. The van der Waals surface area contributed by atoms with Crippen molar-refractivity contribution in [2.24, 2.45) is 5.73 Å². The first-order chi connectivity index (χ1) is 14.4. The molecule has 1 aliphatic heterocycles. The Morgan fingerprint density at radius 3 is 2.42 bits per heavy atom. The van der Waals surface area contributed by atoms with Crippen molar-refractivity contribution in [3.63, 3.8) is 0 Å². The lowest BCUT2D eigenvalue weighted by atomic mass is 9.95. The number of hydrogen-bond acceptors (Lipinski definition) is 5. The predicted molar refractivity (Wildman–Crippen MR) is 122 cm³/mol. The second-order valence-corrected chi connectivity index (χ2v) is 8.44. The fourth-order valence-electron chi connectivity index (χ4n) is 4.45. The van der Waals surface area contributed by atoms with Gasteiger partial charge in [-0.3, -0.25) is 9.36 Å². The van der Waals surface area contributed by atoms with Gasteiger partial charge in [-0.2, -0.15) is 4.68 Å². The molecule has 7 nitrogen and oxygen atoms in total. The fourth-order valence-corrected chi connectivity index (χ4v) is 4.85. The van der Waals surface area contributed by atoms with Crippen molar-refractivity contribution in [2.45, 2.75) is 30.8 Å². The second-order valence-electron chi connectivity index (χ2n) is 8.06. The third kappa shape index (κ3) is 3.39. The first-order valence-corrected chi connectivity index (χ1v) is 10.3. The van der Waals surface area contributed by atoms with Gasteiger partial charge in [-0.25, -0.2) is 9.18 Å². The van der Waals surface area contributed by atoms with E-state index in [0.717, 1.165) is 24.5 Å². The lowest BCUT2D eigenvalue weighted by molar-refractivity contribution is 0.620. The SMILES string of the molecule is Cl.N[C@@H]1CN(c2c(F)cc3c(=O)n(N)c(=O)n(C4CC4)c3c2Cl)C[C@H]1c1ccccc1. The molecule has 0 unspecified atom stereocenters. The van der Waals surface area contributed by atoms with Crippen LogP contribution in [-0.2, 0) is 0 Å². The lowest BCUT2D eigenvalue weighted by Crippen LogP contribution is -2.44. The van der Waals surface area contributed by atoms with Gasteiger partial charge in [0.2, 0.25) is 0 Å². The van der Waals surface area contributed by atoms with Crippen LogP contribution >= 0.6 is 24.0 Å². The van der Waals surface area contributed by atoms with Crippen LogP contribution in [0.3, 0.4) is 0 Å². The Balaban J connectivity index is 0.00000231. The molecule has 1 saturated carbocycles. The molecule has 2 fully saturated rings. The number of aromatic nitrogens is 2. The first kappa shape index (κ1) is 21.7. The maximum absolute atomic E-state index is 15.2. The molecule has 2 aromatic carbocycles. The third-order valence-electron chi connectivity index (χ3n) is 6.09. The Labute approximate surface area is 188 Å². The lowest BCUT2D eigenvalue weighted by Gasteiger charge is -2.23. The summed E-state index contributed by atoms with van der Waals surface area (Å²) in [5.41, 5.74) is 6.45. The minimum absolute atomic E-state index is 0. The van der Waals surface area contributed by atoms with Gasteiger partial charge in [-0.05, 0) is 24.5 Å². The average molecular weight is 466 g/mol. The summed E-state index contributed by atoms with van der Waals surface area (Å²) in [5.74, 6) is 5.03. The molecule has 31 heavy (non-hydrogen) atoms. The highest BCUT2D eigenvalue weighted by Gasteiger charge is 2.36. The van der Waals surface area contributed by atoms with E-state index in [1.165, 1.54) is 4.57 Å². The summed E-state index contributed by atoms with van der Waals surface area (Å²) < 4.78 is 17.2. The normalized spacial score (nSPS) is 20.8. The molecule has 2 atom stereocenters. The van der Waals surface area contributed by atoms with Crippen LogP contribution in [0.5, 0.6) is 0 Å². The quantitative estimate of drug-likeness (QED) is 0.578. The number of halogens is 3. The molecule has 0 spiro atoms. The average Bonchev–Trinajstić information content (AvgIpc) is 3.50. The largest absolute Gasteiger partial charge is 0.366 e. The topological polar surface area (TPSA) is 99.3 Å². The van der Waals surface area contributed by atoms with Gasteiger partial charge in [0.1, 0.15) is 5.82 Å². The predicted octanol–water partition coefficient (Wildman–Crippen LogP) is 2.36. The number of fused-ring (bicyclic) bond motifs is 1. The van der Waals surface area contributed by atoms with Gasteiger partial charge in [0.25, 0.3) is 5.56 Å². The smallest absolute Gasteiger partial charge is 0.350 e. The molecule has 1 aromatic heterocycles. The van der Waals surface area contributed by atoms with Crippen LogP contribution in [0, 0.1) is 5.82 Å². The van der Waals surface area contributed by atoms with Gasteiger partial charge in [0.05, 0.1) is 21.6 Å². The molecule has 3 aromatic rings. The van der Waals surface area contributed by atoms with Gasteiger partial charge in [0.15, 0.2) is 0 Å². The molecule has 2 heterocycles. The number of rotatable bonds is 3. The number of nitrogens with zero attached hydrogens (tertiary/aromatic N) is 3. The highest BCUT2D eigenvalue weighted by molar-refractivity contribution is 6.38. The van der Waals surface area contributed by atoms with Crippen molar-refractivity contribution in [3.05, 3.63) is 73.6 Å². The Hall–Kier alpha value is -2.55. The van der Waals surface area contributed by atoms with E-state index in [1.54, 1.807) is 4.90 Å². The standard InChI is InChI=1S/C21H21ClFN5O2.ClH/c22-17-18-13(20(29)28(25)21(30)27(18)12-6-7-12)8-15(23)19(17)26-9-14(16(24)10-26)11-4-2-1-3-5-11;/h1-5,8,12,14,16H,6-7,9-10,24-25H2;1H/t14-,16+;/m0./s1. The van der Waals surface area contributed by atoms with E-state index >= 15 is 4.39 Å². The highest BCUT2D eigenvalue weighted by Crippen LogP contribution is 2.42. The maximum atomic E-state index is 15.2. The van der Waals surface area contributed by atoms with Gasteiger partial charge >= 0.3 is 5.69 Å². The summed E-state index contributed by atoms with van der Waals surface area (Å²) in [6.07, 6.45) is 1.56. The summed E-state index contributed by atoms with van der Waals surface area (Å²) in [6, 6.07) is 10.7. The van der Waals surface area contributed by atoms with Crippen LogP contribution in [0.25, 0.3) is 10.9 Å². The van der Waals surface area contributed by atoms with E-state index in [-0.39, 0.29) is 52.0 Å². The Morgan fingerprint density at radius 1 is 1.10 bits per heavy atom. The molecule has 2 aliphatic rings. The molecule has 5 rings (SSSR count). The van der Waals surface area contributed by atoms with E-state index in [2.05, 4.69) is 0 Å². The molecule has 0 amide bonds. The van der Waals surface area contributed by atoms with Crippen molar-refractivity contribution >= 4 is 40.6 Å². The fraction of sp³-hybridized carbons (Fsp3) is 0.333. The van der Waals surface area contributed by atoms with Gasteiger partial charge < -0.3 is 16.5 Å².